The van der Waals surface area contributed by atoms with Crippen LogP contribution in [0.15, 0.2) is 158 Å². The van der Waals surface area contributed by atoms with Crippen LogP contribution < -0.4 is 9.47 Å². The van der Waals surface area contributed by atoms with Crippen molar-refractivity contribution in [2.24, 2.45) is 0 Å². The molecule has 0 unspecified atom stereocenters. The molecule has 0 aromatic heterocycles. The van der Waals surface area contributed by atoms with Crippen molar-refractivity contribution in [1.82, 2.24) is 0 Å². The van der Waals surface area contributed by atoms with Crippen LogP contribution in [0.4, 0.5) is 0 Å². The molecule has 8 aromatic rings. The Balaban J connectivity index is 1.21. The maximum absolute atomic E-state index is 6.49. The van der Waals surface area contributed by atoms with Crippen molar-refractivity contribution < 1.29 is 9.47 Å². The molecule has 1 aliphatic rings. The zero-order valence-electron chi connectivity index (χ0n) is 23.8. The summed E-state index contributed by atoms with van der Waals surface area (Å²) < 4.78 is 12.8. The van der Waals surface area contributed by atoms with Crippen molar-refractivity contribution in [1.29, 1.82) is 0 Å². The Kier molecular flexibility index (Phi) is 5.54. The summed E-state index contributed by atoms with van der Waals surface area (Å²) in [5, 5.41) is 7.11. The normalized spacial score (nSPS) is 12.0. The number of ether oxygens (including phenoxy) is 2. The van der Waals surface area contributed by atoms with Gasteiger partial charge in [-0.3, -0.25) is 0 Å². The summed E-state index contributed by atoms with van der Waals surface area (Å²) in [6, 6.07) is 55.6. The summed E-state index contributed by atoms with van der Waals surface area (Å²) in [5.41, 5.74) is 7.17. The lowest BCUT2D eigenvalue weighted by atomic mass is 9.85. The van der Waals surface area contributed by atoms with Crippen LogP contribution in [0.1, 0.15) is 0 Å². The van der Waals surface area contributed by atoms with Gasteiger partial charge in [0.1, 0.15) is 0 Å². The van der Waals surface area contributed by atoms with Gasteiger partial charge in [-0.25, -0.2) is 0 Å². The maximum atomic E-state index is 6.49. The predicted octanol–water partition coefficient (Wildman–Crippen LogP) is 12.0. The van der Waals surface area contributed by atoms with Crippen LogP contribution in [-0.2, 0) is 0 Å². The molecule has 1 aliphatic heterocycles. The SMILES string of the molecule is c1ccc(-c2ccc(-c3c4ccccc4c(-c4ccc5c(c4)Oc4cc6ccccc6cc4O5)c4ccccc34)cc2)cc1. The highest BCUT2D eigenvalue weighted by Gasteiger charge is 2.22. The Morgan fingerprint density at radius 3 is 1.27 bits per heavy atom. The second-order valence-corrected chi connectivity index (χ2v) is 11.3. The summed E-state index contributed by atoms with van der Waals surface area (Å²) in [7, 11) is 0. The first kappa shape index (κ1) is 24.7. The van der Waals surface area contributed by atoms with E-state index in [0.29, 0.717) is 0 Å². The minimum absolute atomic E-state index is 0.721. The fourth-order valence-corrected chi connectivity index (χ4v) is 6.63. The highest BCUT2D eigenvalue weighted by molar-refractivity contribution is 6.21. The van der Waals surface area contributed by atoms with Gasteiger partial charge >= 0.3 is 0 Å². The third kappa shape index (κ3) is 3.96. The topological polar surface area (TPSA) is 18.5 Å². The van der Waals surface area contributed by atoms with Gasteiger partial charge in [0.15, 0.2) is 23.0 Å². The first-order valence-electron chi connectivity index (χ1n) is 14.9. The van der Waals surface area contributed by atoms with Gasteiger partial charge in [-0.1, -0.05) is 133 Å². The van der Waals surface area contributed by atoms with E-state index in [1.54, 1.807) is 0 Å². The average molecular weight is 563 g/mol. The van der Waals surface area contributed by atoms with Gasteiger partial charge in [0.25, 0.3) is 0 Å². The smallest absolute Gasteiger partial charge is 0.170 e. The maximum Gasteiger partial charge on any atom is 0.170 e. The fourth-order valence-electron chi connectivity index (χ4n) is 6.63. The largest absolute Gasteiger partial charge is 0.449 e. The van der Waals surface area contributed by atoms with Crippen molar-refractivity contribution in [2.45, 2.75) is 0 Å². The highest BCUT2D eigenvalue weighted by atomic mass is 16.6. The van der Waals surface area contributed by atoms with Crippen LogP contribution in [0.25, 0.3) is 65.7 Å². The Bertz CT molecular complexity index is 2310. The van der Waals surface area contributed by atoms with E-state index in [1.807, 2.05) is 24.3 Å². The predicted molar refractivity (Wildman–Crippen MR) is 182 cm³/mol. The number of fused-ring (bicyclic) bond motifs is 5. The molecule has 2 nitrogen and oxygen atoms in total. The number of hydrogen-bond acceptors (Lipinski definition) is 2. The van der Waals surface area contributed by atoms with Crippen LogP contribution in [0.5, 0.6) is 23.0 Å². The molecule has 0 saturated carbocycles. The van der Waals surface area contributed by atoms with Gasteiger partial charge < -0.3 is 9.47 Å². The van der Waals surface area contributed by atoms with Crippen LogP contribution in [0.3, 0.4) is 0 Å². The molecule has 206 valence electrons. The van der Waals surface area contributed by atoms with Gasteiger partial charge in [-0.05, 0) is 90.0 Å². The zero-order chi connectivity index (χ0) is 29.0. The van der Waals surface area contributed by atoms with Crippen LogP contribution in [0.2, 0.25) is 0 Å². The fraction of sp³-hybridized carbons (Fsp3) is 0. The second kappa shape index (κ2) is 9.86. The summed E-state index contributed by atoms with van der Waals surface area (Å²) in [4.78, 5) is 0. The molecule has 0 radical (unpaired) electrons. The number of rotatable bonds is 3. The van der Waals surface area contributed by atoms with Crippen molar-refractivity contribution in [2.75, 3.05) is 0 Å². The van der Waals surface area contributed by atoms with E-state index in [-0.39, 0.29) is 0 Å². The van der Waals surface area contributed by atoms with Crippen molar-refractivity contribution >= 4 is 32.3 Å². The standard InChI is InChI=1S/C42H26O2/c1-2-10-27(11-3-1)28-18-20-29(21-19-28)41-33-14-6-8-16-35(33)42(36-17-9-7-15-34(36)41)32-22-23-37-38(26-32)44-40-25-31-13-5-4-12-30(31)24-39(40)43-37/h1-26H. The minimum atomic E-state index is 0.721. The molecule has 2 heteroatoms. The van der Waals surface area contributed by atoms with E-state index >= 15 is 0 Å². The molecule has 0 bridgehead atoms. The van der Waals surface area contributed by atoms with Gasteiger partial charge in [0, 0.05) is 0 Å². The van der Waals surface area contributed by atoms with Crippen molar-refractivity contribution in [3.05, 3.63) is 158 Å². The summed E-state index contributed by atoms with van der Waals surface area (Å²) in [6.45, 7) is 0. The van der Waals surface area contributed by atoms with E-state index in [2.05, 4.69) is 133 Å². The lowest BCUT2D eigenvalue weighted by Gasteiger charge is -2.23. The summed E-state index contributed by atoms with van der Waals surface area (Å²) in [6.07, 6.45) is 0. The summed E-state index contributed by atoms with van der Waals surface area (Å²) in [5.74, 6) is 2.92. The lowest BCUT2D eigenvalue weighted by Crippen LogP contribution is -1.99. The highest BCUT2D eigenvalue weighted by Crippen LogP contribution is 2.50. The Labute approximate surface area is 255 Å². The quantitative estimate of drug-likeness (QED) is 0.199. The Morgan fingerprint density at radius 1 is 0.273 bits per heavy atom. The molecule has 0 amide bonds. The van der Waals surface area contributed by atoms with E-state index in [1.165, 1.54) is 49.4 Å². The molecule has 1 heterocycles. The first-order valence-corrected chi connectivity index (χ1v) is 14.9. The zero-order valence-corrected chi connectivity index (χ0v) is 23.8. The molecule has 0 N–H and O–H groups in total. The van der Waals surface area contributed by atoms with Crippen LogP contribution in [-0.4, -0.2) is 0 Å². The summed E-state index contributed by atoms with van der Waals surface area (Å²) >= 11 is 0. The van der Waals surface area contributed by atoms with Crippen molar-refractivity contribution in [3.63, 3.8) is 0 Å². The van der Waals surface area contributed by atoms with E-state index < -0.39 is 0 Å². The lowest BCUT2D eigenvalue weighted by molar-refractivity contribution is 0.360. The molecule has 0 aliphatic carbocycles. The van der Waals surface area contributed by atoms with E-state index in [0.717, 1.165) is 39.3 Å². The van der Waals surface area contributed by atoms with E-state index in [9.17, 15) is 0 Å². The second-order valence-electron chi connectivity index (χ2n) is 11.3. The third-order valence-electron chi connectivity index (χ3n) is 8.70. The Hall–Kier alpha value is -5.86. The molecule has 9 rings (SSSR count). The molecule has 0 atom stereocenters. The average Bonchev–Trinajstić information content (AvgIpc) is 3.09. The van der Waals surface area contributed by atoms with E-state index in [4.69, 9.17) is 9.47 Å². The minimum Gasteiger partial charge on any atom is -0.449 e. The molecule has 0 spiro atoms. The van der Waals surface area contributed by atoms with Crippen LogP contribution in [0, 0.1) is 0 Å². The molecule has 44 heavy (non-hydrogen) atoms. The molecular weight excluding hydrogens is 536 g/mol. The van der Waals surface area contributed by atoms with Crippen molar-refractivity contribution in [3.8, 4) is 56.4 Å². The van der Waals surface area contributed by atoms with Gasteiger partial charge in [-0.2, -0.15) is 0 Å². The molecule has 8 aromatic carbocycles. The number of benzene rings is 8. The molecular formula is C42H26O2. The van der Waals surface area contributed by atoms with Crippen LogP contribution >= 0.6 is 0 Å². The molecule has 0 fully saturated rings. The number of hydrogen-bond donors (Lipinski definition) is 0. The van der Waals surface area contributed by atoms with Gasteiger partial charge in [-0.15, -0.1) is 0 Å². The molecule has 0 saturated heterocycles. The van der Waals surface area contributed by atoms with Gasteiger partial charge in [0.05, 0.1) is 0 Å². The third-order valence-corrected chi connectivity index (χ3v) is 8.70. The monoisotopic (exact) mass is 562 g/mol. The first-order chi connectivity index (χ1) is 21.8. The van der Waals surface area contributed by atoms with Gasteiger partial charge in [0.2, 0.25) is 0 Å². The Morgan fingerprint density at radius 2 is 0.682 bits per heavy atom.